The maximum absolute atomic E-state index is 12.3. The van der Waals surface area contributed by atoms with Gasteiger partial charge < -0.3 is 19.5 Å². The average molecular weight is 343 g/mol. The highest BCUT2D eigenvalue weighted by molar-refractivity contribution is 5.77. The molecule has 1 N–H and O–H groups in total. The number of benzene rings is 1. The molecule has 2 heterocycles. The SMILES string of the molecule is COC(=O)[C@H]1CCCN(C(=O)NCc2cc(-c3ccccc3)on2)C1. The third kappa shape index (κ3) is 4.17. The van der Waals surface area contributed by atoms with Gasteiger partial charge in [-0.2, -0.15) is 0 Å². The Bertz CT molecular complexity index is 729. The van der Waals surface area contributed by atoms with Crippen LogP contribution >= 0.6 is 0 Å². The quantitative estimate of drug-likeness (QED) is 0.862. The van der Waals surface area contributed by atoms with Crippen LogP contribution in [-0.2, 0) is 16.1 Å². The van der Waals surface area contributed by atoms with Crippen molar-refractivity contribution in [3.05, 3.63) is 42.1 Å². The number of amides is 2. The van der Waals surface area contributed by atoms with Gasteiger partial charge in [-0.3, -0.25) is 4.79 Å². The van der Waals surface area contributed by atoms with Crippen LogP contribution in [0.2, 0.25) is 0 Å². The van der Waals surface area contributed by atoms with E-state index in [1.165, 1.54) is 7.11 Å². The van der Waals surface area contributed by atoms with Crippen LogP contribution in [0.15, 0.2) is 40.9 Å². The van der Waals surface area contributed by atoms with E-state index in [4.69, 9.17) is 9.26 Å². The third-order valence-corrected chi connectivity index (χ3v) is 4.28. The van der Waals surface area contributed by atoms with Gasteiger partial charge in [0.15, 0.2) is 5.76 Å². The smallest absolute Gasteiger partial charge is 0.317 e. The summed E-state index contributed by atoms with van der Waals surface area (Å²) in [5.41, 5.74) is 1.58. The van der Waals surface area contributed by atoms with Crippen LogP contribution in [0.4, 0.5) is 4.79 Å². The minimum atomic E-state index is -0.262. The molecule has 3 rings (SSSR count). The summed E-state index contributed by atoms with van der Waals surface area (Å²) >= 11 is 0. The molecular weight excluding hydrogens is 322 g/mol. The number of esters is 1. The van der Waals surface area contributed by atoms with Crippen molar-refractivity contribution in [2.24, 2.45) is 5.92 Å². The van der Waals surface area contributed by atoms with Gasteiger partial charge in [0.2, 0.25) is 0 Å². The molecule has 1 atom stereocenters. The molecule has 0 unspecified atom stereocenters. The van der Waals surface area contributed by atoms with E-state index < -0.39 is 0 Å². The predicted octanol–water partition coefficient (Wildman–Crippen LogP) is 2.44. The van der Waals surface area contributed by atoms with Crippen molar-refractivity contribution in [3.63, 3.8) is 0 Å². The highest BCUT2D eigenvalue weighted by Crippen LogP contribution is 2.20. The summed E-state index contributed by atoms with van der Waals surface area (Å²) in [6.45, 7) is 1.29. The molecule has 1 saturated heterocycles. The van der Waals surface area contributed by atoms with Crippen LogP contribution in [0.5, 0.6) is 0 Å². The van der Waals surface area contributed by atoms with Gasteiger partial charge in [0, 0.05) is 24.7 Å². The van der Waals surface area contributed by atoms with E-state index >= 15 is 0 Å². The Hall–Kier alpha value is -2.83. The lowest BCUT2D eigenvalue weighted by Crippen LogP contribution is -2.47. The monoisotopic (exact) mass is 343 g/mol. The molecule has 0 bridgehead atoms. The van der Waals surface area contributed by atoms with E-state index in [1.54, 1.807) is 4.90 Å². The number of methoxy groups -OCH3 is 1. The molecule has 1 aliphatic rings. The van der Waals surface area contributed by atoms with Gasteiger partial charge in [-0.1, -0.05) is 35.5 Å². The summed E-state index contributed by atoms with van der Waals surface area (Å²) < 4.78 is 10.1. The summed E-state index contributed by atoms with van der Waals surface area (Å²) in [5, 5.41) is 6.81. The second-order valence-electron chi connectivity index (χ2n) is 6.02. The van der Waals surface area contributed by atoms with E-state index in [2.05, 4.69) is 10.5 Å². The first kappa shape index (κ1) is 17.0. The number of piperidine rings is 1. The summed E-state index contributed by atoms with van der Waals surface area (Å²) in [7, 11) is 1.37. The average Bonchev–Trinajstić information content (AvgIpc) is 3.15. The lowest BCUT2D eigenvalue weighted by Gasteiger charge is -2.31. The van der Waals surface area contributed by atoms with Gasteiger partial charge in [0.25, 0.3) is 0 Å². The number of carbonyl (C=O) groups excluding carboxylic acids is 2. The summed E-state index contributed by atoms with van der Waals surface area (Å²) in [4.78, 5) is 25.6. The number of nitrogens with zero attached hydrogens (tertiary/aromatic N) is 2. The first-order valence-corrected chi connectivity index (χ1v) is 8.29. The number of ether oxygens (including phenoxy) is 1. The summed E-state index contributed by atoms with van der Waals surface area (Å²) in [6, 6.07) is 11.2. The zero-order valence-electron chi connectivity index (χ0n) is 14.1. The fourth-order valence-electron chi connectivity index (χ4n) is 2.93. The number of hydrogen-bond acceptors (Lipinski definition) is 5. The van der Waals surface area contributed by atoms with Gasteiger partial charge in [-0.25, -0.2) is 4.79 Å². The van der Waals surface area contributed by atoms with Crippen LogP contribution in [0, 0.1) is 5.92 Å². The van der Waals surface area contributed by atoms with Crippen LogP contribution in [0.1, 0.15) is 18.5 Å². The van der Waals surface area contributed by atoms with Crippen LogP contribution in [0.3, 0.4) is 0 Å². The van der Waals surface area contributed by atoms with Gasteiger partial charge in [-0.05, 0) is 12.8 Å². The maximum atomic E-state index is 12.3. The highest BCUT2D eigenvalue weighted by atomic mass is 16.5. The van der Waals surface area contributed by atoms with Crippen molar-refractivity contribution < 1.29 is 18.8 Å². The molecule has 0 saturated carbocycles. The van der Waals surface area contributed by atoms with Gasteiger partial charge in [-0.15, -0.1) is 0 Å². The van der Waals surface area contributed by atoms with Crippen molar-refractivity contribution >= 4 is 12.0 Å². The normalized spacial score (nSPS) is 17.2. The lowest BCUT2D eigenvalue weighted by atomic mass is 9.98. The number of hydrogen-bond donors (Lipinski definition) is 1. The van der Waals surface area contributed by atoms with E-state index in [9.17, 15) is 9.59 Å². The first-order chi connectivity index (χ1) is 12.2. The highest BCUT2D eigenvalue weighted by Gasteiger charge is 2.28. The Kier molecular flexibility index (Phi) is 5.33. The number of carbonyl (C=O) groups is 2. The molecule has 132 valence electrons. The number of urea groups is 1. The third-order valence-electron chi connectivity index (χ3n) is 4.28. The van der Waals surface area contributed by atoms with Crippen molar-refractivity contribution in [1.82, 2.24) is 15.4 Å². The van der Waals surface area contributed by atoms with Gasteiger partial charge >= 0.3 is 12.0 Å². The second-order valence-corrected chi connectivity index (χ2v) is 6.02. The fourth-order valence-corrected chi connectivity index (χ4v) is 2.93. The van der Waals surface area contributed by atoms with E-state index in [1.807, 2.05) is 36.4 Å². The molecule has 0 spiro atoms. The molecule has 2 aromatic rings. The van der Waals surface area contributed by atoms with Gasteiger partial charge in [0.05, 0.1) is 19.6 Å². The molecule has 1 aromatic heterocycles. The number of rotatable bonds is 4. The predicted molar refractivity (Wildman–Crippen MR) is 90.5 cm³/mol. The van der Waals surface area contributed by atoms with E-state index in [0.717, 1.165) is 18.4 Å². The minimum absolute atomic E-state index is 0.210. The maximum Gasteiger partial charge on any atom is 0.317 e. The van der Waals surface area contributed by atoms with Crippen molar-refractivity contribution in [3.8, 4) is 11.3 Å². The Morgan fingerprint density at radius 2 is 2.16 bits per heavy atom. The fraction of sp³-hybridized carbons (Fsp3) is 0.389. The second kappa shape index (κ2) is 7.83. The Labute approximate surface area is 145 Å². The molecule has 1 aromatic carbocycles. The number of aromatic nitrogens is 1. The number of likely N-dealkylation sites (tertiary alicyclic amines) is 1. The zero-order chi connectivity index (χ0) is 17.6. The van der Waals surface area contributed by atoms with Crippen LogP contribution < -0.4 is 5.32 Å². The Balaban J connectivity index is 1.54. The van der Waals surface area contributed by atoms with E-state index in [0.29, 0.717) is 24.5 Å². The van der Waals surface area contributed by atoms with Gasteiger partial charge in [0.1, 0.15) is 5.69 Å². The molecule has 2 amide bonds. The first-order valence-electron chi connectivity index (χ1n) is 8.29. The number of nitrogens with one attached hydrogen (secondary N) is 1. The lowest BCUT2D eigenvalue weighted by molar-refractivity contribution is -0.146. The molecule has 0 aliphatic carbocycles. The molecule has 25 heavy (non-hydrogen) atoms. The van der Waals surface area contributed by atoms with E-state index in [-0.39, 0.29) is 24.5 Å². The van der Waals surface area contributed by atoms with Crippen LogP contribution in [0.25, 0.3) is 11.3 Å². The molecule has 7 nitrogen and oxygen atoms in total. The molecular formula is C18H21N3O4. The summed E-state index contributed by atoms with van der Waals surface area (Å²) in [6.07, 6.45) is 1.54. The van der Waals surface area contributed by atoms with Crippen molar-refractivity contribution in [2.45, 2.75) is 19.4 Å². The molecule has 7 heteroatoms. The zero-order valence-corrected chi connectivity index (χ0v) is 14.1. The Morgan fingerprint density at radius 3 is 2.92 bits per heavy atom. The minimum Gasteiger partial charge on any atom is -0.469 e. The largest absolute Gasteiger partial charge is 0.469 e. The topological polar surface area (TPSA) is 84.7 Å². The van der Waals surface area contributed by atoms with Crippen LogP contribution in [-0.4, -0.2) is 42.3 Å². The molecule has 0 radical (unpaired) electrons. The van der Waals surface area contributed by atoms with Crippen molar-refractivity contribution in [2.75, 3.05) is 20.2 Å². The summed E-state index contributed by atoms with van der Waals surface area (Å²) in [5.74, 6) is 0.149. The molecule has 1 aliphatic heterocycles. The van der Waals surface area contributed by atoms with Crippen molar-refractivity contribution in [1.29, 1.82) is 0 Å². The molecule has 1 fully saturated rings. The Morgan fingerprint density at radius 1 is 1.36 bits per heavy atom. The standard InChI is InChI=1S/C18H21N3O4/c1-24-17(22)14-8-5-9-21(12-14)18(23)19-11-15-10-16(25-20-15)13-6-3-2-4-7-13/h2-4,6-7,10,14H,5,8-9,11-12H2,1H3,(H,19,23)/t14-/m0/s1.